The lowest BCUT2D eigenvalue weighted by molar-refractivity contribution is -0.123. The van der Waals surface area contributed by atoms with E-state index in [2.05, 4.69) is 5.32 Å². The molecular weight excluding hydrogens is 409 g/mol. The summed E-state index contributed by atoms with van der Waals surface area (Å²) in [4.78, 5) is 14.3. The van der Waals surface area contributed by atoms with Crippen LogP contribution in [0.1, 0.15) is 32.1 Å². The second kappa shape index (κ2) is 9.09. The lowest BCUT2D eigenvalue weighted by Gasteiger charge is -2.34. The predicted octanol–water partition coefficient (Wildman–Crippen LogP) is 2.75. The Morgan fingerprint density at radius 2 is 1.74 bits per heavy atom. The van der Waals surface area contributed by atoms with E-state index in [1.807, 2.05) is 4.90 Å². The fourth-order valence-corrected chi connectivity index (χ4v) is 5.82. The van der Waals surface area contributed by atoms with E-state index < -0.39 is 10.0 Å². The van der Waals surface area contributed by atoms with E-state index in [0.29, 0.717) is 37.7 Å². The molecule has 1 saturated heterocycles. The number of benzene rings is 1. The van der Waals surface area contributed by atoms with E-state index in [4.69, 9.17) is 23.2 Å². The van der Waals surface area contributed by atoms with Gasteiger partial charge in [0.1, 0.15) is 4.90 Å². The van der Waals surface area contributed by atoms with Gasteiger partial charge >= 0.3 is 0 Å². The molecule has 1 aromatic rings. The summed E-state index contributed by atoms with van der Waals surface area (Å²) in [5.41, 5.74) is 0. The van der Waals surface area contributed by atoms with Crippen molar-refractivity contribution >= 4 is 39.1 Å². The molecule has 0 spiro atoms. The van der Waals surface area contributed by atoms with Gasteiger partial charge in [0.25, 0.3) is 0 Å². The summed E-state index contributed by atoms with van der Waals surface area (Å²) in [6, 6.07) is 4.72. The monoisotopic (exact) mass is 433 g/mol. The van der Waals surface area contributed by atoms with E-state index in [0.717, 1.165) is 12.8 Å². The predicted molar refractivity (Wildman–Crippen MR) is 107 cm³/mol. The van der Waals surface area contributed by atoms with Gasteiger partial charge in [0.05, 0.1) is 11.6 Å². The van der Waals surface area contributed by atoms with Gasteiger partial charge in [-0.1, -0.05) is 42.5 Å². The molecule has 1 aromatic carbocycles. The van der Waals surface area contributed by atoms with Crippen LogP contribution in [0.3, 0.4) is 0 Å². The van der Waals surface area contributed by atoms with Crippen LogP contribution < -0.4 is 5.32 Å². The van der Waals surface area contributed by atoms with Crippen molar-refractivity contribution in [1.29, 1.82) is 0 Å². The molecule has 1 N–H and O–H groups in total. The third-order valence-corrected chi connectivity index (χ3v) is 7.80. The van der Waals surface area contributed by atoms with E-state index in [1.165, 1.54) is 35.7 Å². The van der Waals surface area contributed by atoms with E-state index in [9.17, 15) is 13.2 Å². The van der Waals surface area contributed by atoms with Crippen molar-refractivity contribution in [1.82, 2.24) is 14.5 Å². The Hall–Kier alpha value is -0.860. The Balaban J connectivity index is 1.53. The SMILES string of the molecule is O=C(CN1CCN(S(=O)(=O)c2cc(Cl)ccc2Cl)CC1)NC1CCCCC1. The molecule has 0 radical (unpaired) electrons. The van der Waals surface area contributed by atoms with Gasteiger partial charge in [-0.05, 0) is 31.0 Å². The molecule has 1 saturated carbocycles. The van der Waals surface area contributed by atoms with Crippen LogP contribution in [0.5, 0.6) is 0 Å². The van der Waals surface area contributed by atoms with Gasteiger partial charge in [-0.2, -0.15) is 4.31 Å². The molecule has 27 heavy (non-hydrogen) atoms. The molecule has 1 aliphatic carbocycles. The molecule has 0 bridgehead atoms. The maximum atomic E-state index is 12.8. The number of nitrogens with one attached hydrogen (secondary N) is 1. The lowest BCUT2D eigenvalue weighted by Crippen LogP contribution is -2.51. The molecule has 3 rings (SSSR count). The number of carbonyl (C=O) groups excluding carboxylic acids is 1. The van der Waals surface area contributed by atoms with Crippen molar-refractivity contribution < 1.29 is 13.2 Å². The fraction of sp³-hybridized carbons (Fsp3) is 0.611. The first-order chi connectivity index (χ1) is 12.9. The Morgan fingerprint density at radius 1 is 1.07 bits per heavy atom. The number of rotatable bonds is 5. The molecule has 9 heteroatoms. The molecule has 1 amide bonds. The third-order valence-electron chi connectivity index (χ3n) is 5.18. The number of amides is 1. The zero-order valence-corrected chi connectivity index (χ0v) is 17.5. The van der Waals surface area contributed by atoms with Gasteiger partial charge in [0, 0.05) is 37.2 Å². The first-order valence-electron chi connectivity index (χ1n) is 9.33. The van der Waals surface area contributed by atoms with Crippen molar-refractivity contribution in [2.24, 2.45) is 0 Å². The number of piperazine rings is 1. The standard InChI is InChI=1S/C18H25Cl2N3O3S/c19-14-6-7-16(20)17(12-14)27(25,26)23-10-8-22(9-11-23)13-18(24)21-15-4-2-1-3-5-15/h6-7,12,15H,1-5,8-11,13H2,(H,21,24). The van der Waals surface area contributed by atoms with Gasteiger partial charge in [0.15, 0.2) is 0 Å². The Bertz CT molecular complexity index is 774. The Kier molecular flexibility index (Phi) is 7.03. The summed E-state index contributed by atoms with van der Waals surface area (Å²) in [7, 11) is -3.70. The fourth-order valence-electron chi connectivity index (χ4n) is 3.67. The van der Waals surface area contributed by atoms with Gasteiger partial charge in [-0.3, -0.25) is 9.69 Å². The minimum Gasteiger partial charge on any atom is -0.352 e. The van der Waals surface area contributed by atoms with Crippen LogP contribution in [-0.2, 0) is 14.8 Å². The highest BCUT2D eigenvalue weighted by atomic mass is 35.5. The van der Waals surface area contributed by atoms with Crippen LogP contribution in [0.4, 0.5) is 0 Å². The summed E-state index contributed by atoms with van der Waals surface area (Å²) < 4.78 is 27.1. The Labute approximate surface area is 170 Å². The summed E-state index contributed by atoms with van der Waals surface area (Å²) in [6.45, 7) is 1.97. The highest BCUT2D eigenvalue weighted by Crippen LogP contribution is 2.28. The highest BCUT2D eigenvalue weighted by molar-refractivity contribution is 7.89. The molecule has 2 aliphatic rings. The van der Waals surface area contributed by atoms with Gasteiger partial charge in [-0.25, -0.2) is 8.42 Å². The van der Waals surface area contributed by atoms with Gasteiger partial charge in [0.2, 0.25) is 15.9 Å². The molecule has 150 valence electrons. The summed E-state index contributed by atoms with van der Waals surface area (Å²) in [5, 5.41) is 3.59. The second-order valence-corrected chi connectivity index (χ2v) is 9.91. The molecule has 0 aromatic heterocycles. The van der Waals surface area contributed by atoms with Crippen molar-refractivity contribution in [2.45, 2.75) is 43.0 Å². The van der Waals surface area contributed by atoms with E-state index in [-0.39, 0.29) is 21.9 Å². The van der Waals surface area contributed by atoms with Crippen LogP contribution in [0, 0.1) is 0 Å². The normalized spacial score (nSPS) is 20.5. The minimum atomic E-state index is -3.70. The minimum absolute atomic E-state index is 0.0242. The number of hydrogen-bond donors (Lipinski definition) is 1. The van der Waals surface area contributed by atoms with Crippen LogP contribution in [0.2, 0.25) is 10.0 Å². The first kappa shape index (κ1) is 20.9. The first-order valence-corrected chi connectivity index (χ1v) is 11.5. The summed E-state index contributed by atoms with van der Waals surface area (Å²) in [6.07, 6.45) is 5.71. The molecule has 1 heterocycles. The topological polar surface area (TPSA) is 69.7 Å². The number of carbonyl (C=O) groups is 1. The van der Waals surface area contributed by atoms with Crippen LogP contribution in [0.15, 0.2) is 23.1 Å². The molecule has 2 fully saturated rings. The molecule has 1 aliphatic heterocycles. The maximum Gasteiger partial charge on any atom is 0.244 e. The smallest absolute Gasteiger partial charge is 0.244 e. The number of nitrogens with zero attached hydrogens (tertiary/aromatic N) is 2. The van der Waals surface area contributed by atoms with E-state index >= 15 is 0 Å². The molecular formula is C18H25Cl2N3O3S. The number of sulfonamides is 1. The summed E-state index contributed by atoms with van der Waals surface area (Å²) >= 11 is 12.0. The van der Waals surface area contributed by atoms with Crippen molar-refractivity contribution in [3.63, 3.8) is 0 Å². The van der Waals surface area contributed by atoms with Crippen LogP contribution in [-0.4, -0.2) is 62.3 Å². The highest BCUT2D eigenvalue weighted by Gasteiger charge is 2.31. The van der Waals surface area contributed by atoms with Crippen molar-refractivity contribution in [3.05, 3.63) is 28.2 Å². The van der Waals surface area contributed by atoms with Crippen molar-refractivity contribution in [2.75, 3.05) is 32.7 Å². The largest absolute Gasteiger partial charge is 0.352 e. The average Bonchev–Trinajstić information content (AvgIpc) is 2.65. The lowest BCUT2D eigenvalue weighted by atomic mass is 9.95. The van der Waals surface area contributed by atoms with E-state index in [1.54, 1.807) is 6.07 Å². The zero-order chi connectivity index (χ0) is 19.4. The zero-order valence-electron chi connectivity index (χ0n) is 15.2. The average molecular weight is 434 g/mol. The van der Waals surface area contributed by atoms with Crippen LogP contribution >= 0.6 is 23.2 Å². The Morgan fingerprint density at radius 3 is 2.41 bits per heavy atom. The molecule has 0 unspecified atom stereocenters. The maximum absolute atomic E-state index is 12.8. The molecule has 0 atom stereocenters. The molecule has 6 nitrogen and oxygen atoms in total. The third kappa shape index (κ3) is 5.35. The van der Waals surface area contributed by atoms with Crippen LogP contribution in [0.25, 0.3) is 0 Å². The summed E-state index contributed by atoms with van der Waals surface area (Å²) in [5.74, 6) is 0.0242. The van der Waals surface area contributed by atoms with Crippen molar-refractivity contribution in [3.8, 4) is 0 Å². The quantitative estimate of drug-likeness (QED) is 0.774. The van der Waals surface area contributed by atoms with Gasteiger partial charge < -0.3 is 5.32 Å². The number of halogens is 2. The van der Waals surface area contributed by atoms with Gasteiger partial charge in [-0.15, -0.1) is 0 Å². The number of hydrogen-bond acceptors (Lipinski definition) is 4. The second-order valence-electron chi connectivity index (χ2n) is 7.16.